The summed E-state index contributed by atoms with van der Waals surface area (Å²) in [5, 5.41) is 4.22. The summed E-state index contributed by atoms with van der Waals surface area (Å²) >= 11 is 1.58. The molecule has 1 aromatic rings. The second-order valence-electron chi connectivity index (χ2n) is 6.25. The van der Waals surface area contributed by atoms with Crippen molar-refractivity contribution in [3.8, 4) is 0 Å². The average Bonchev–Trinajstić information content (AvgIpc) is 3.09. The van der Waals surface area contributed by atoms with Gasteiger partial charge in [0.05, 0.1) is 11.7 Å². The Balaban J connectivity index is 1.57. The SMILES string of the molecule is O=C1CCC(N2Cc3c(csc3C3CCCCO3)C2=O)C(=O)N1. The Morgan fingerprint density at radius 2 is 2.09 bits per heavy atom. The Bertz CT molecular complexity index is 678. The van der Waals surface area contributed by atoms with Crippen LogP contribution in [0.15, 0.2) is 5.38 Å². The van der Waals surface area contributed by atoms with Crippen LogP contribution >= 0.6 is 11.3 Å². The molecule has 122 valence electrons. The van der Waals surface area contributed by atoms with E-state index in [9.17, 15) is 14.4 Å². The number of imide groups is 1. The number of nitrogens with zero attached hydrogens (tertiary/aromatic N) is 1. The first-order valence-corrected chi connectivity index (χ1v) is 8.89. The zero-order valence-corrected chi connectivity index (χ0v) is 13.5. The highest BCUT2D eigenvalue weighted by atomic mass is 32.1. The van der Waals surface area contributed by atoms with E-state index in [0.29, 0.717) is 18.5 Å². The zero-order chi connectivity index (χ0) is 16.0. The average molecular weight is 334 g/mol. The smallest absolute Gasteiger partial charge is 0.256 e. The number of rotatable bonds is 2. The van der Waals surface area contributed by atoms with Gasteiger partial charge in [0.25, 0.3) is 5.91 Å². The molecular weight excluding hydrogens is 316 g/mol. The van der Waals surface area contributed by atoms with Crippen LogP contribution in [0.25, 0.3) is 0 Å². The number of piperidine rings is 1. The van der Waals surface area contributed by atoms with Crippen LogP contribution in [0.3, 0.4) is 0 Å². The first kappa shape index (κ1) is 14.8. The number of nitrogens with one attached hydrogen (secondary N) is 1. The van der Waals surface area contributed by atoms with Gasteiger partial charge in [-0.05, 0) is 25.7 Å². The van der Waals surface area contributed by atoms with E-state index in [1.54, 1.807) is 16.2 Å². The third-order valence-corrected chi connectivity index (χ3v) is 5.92. The highest BCUT2D eigenvalue weighted by molar-refractivity contribution is 7.10. The molecular formula is C16H18N2O4S. The molecule has 23 heavy (non-hydrogen) atoms. The van der Waals surface area contributed by atoms with Gasteiger partial charge in [-0.3, -0.25) is 19.7 Å². The van der Waals surface area contributed by atoms with Crippen molar-refractivity contribution in [2.45, 2.75) is 50.8 Å². The highest BCUT2D eigenvalue weighted by Gasteiger charge is 2.41. The number of hydrogen-bond donors (Lipinski definition) is 1. The van der Waals surface area contributed by atoms with Crippen molar-refractivity contribution in [2.75, 3.05) is 6.61 Å². The van der Waals surface area contributed by atoms with Gasteiger partial charge in [0, 0.05) is 35.4 Å². The molecule has 0 spiro atoms. The molecule has 3 aliphatic rings. The minimum Gasteiger partial charge on any atom is -0.373 e. The topological polar surface area (TPSA) is 75.7 Å². The molecule has 0 aliphatic carbocycles. The lowest BCUT2D eigenvalue weighted by molar-refractivity contribution is -0.136. The Morgan fingerprint density at radius 3 is 2.83 bits per heavy atom. The summed E-state index contributed by atoms with van der Waals surface area (Å²) in [7, 11) is 0. The van der Waals surface area contributed by atoms with Crippen LogP contribution in [0, 0.1) is 0 Å². The van der Waals surface area contributed by atoms with Crippen LogP contribution in [-0.2, 0) is 20.9 Å². The molecule has 4 rings (SSSR count). The van der Waals surface area contributed by atoms with Crippen LogP contribution in [0.1, 0.15) is 59.0 Å². The molecule has 0 aromatic carbocycles. The number of fused-ring (bicyclic) bond motifs is 1. The standard InChI is InChI=1S/C16H18N2O4S/c19-13-5-4-11(15(20)17-13)18-7-9-10(16(18)21)8-23-14(9)12-3-1-2-6-22-12/h8,11-12H,1-7H2,(H,17,19,20). The van der Waals surface area contributed by atoms with Gasteiger partial charge >= 0.3 is 0 Å². The van der Waals surface area contributed by atoms with E-state index in [0.717, 1.165) is 36.3 Å². The van der Waals surface area contributed by atoms with Crippen molar-refractivity contribution in [2.24, 2.45) is 0 Å². The number of carbonyl (C=O) groups excluding carboxylic acids is 3. The number of thiophene rings is 1. The summed E-state index contributed by atoms with van der Waals surface area (Å²) in [5.41, 5.74) is 1.71. The molecule has 1 N–H and O–H groups in total. The molecule has 4 heterocycles. The molecule has 0 saturated carbocycles. The van der Waals surface area contributed by atoms with Gasteiger partial charge in [-0.1, -0.05) is 0 Å². The van der Waals surface area contributed by atoms with Crippen molar-refractivity contribution < 1.29 is 19.1 Å². The molecule has 2 unspecified atom stereocenters. The van der Waals surface area contributed by atoms with Gasteiger partial charge < -0.3 is 9.64 Å². The van der Waals surface area contributed by atoms with E-state index >= 15 is 0 Å². The van der Waals surface area contributed by atoms with Crippen molar-refractivity contribution in [1.29, 1.82) is 0 Å². The Labute approximate surface area is 137 Å². The van der Waals surface area contributed by atoms with E-state index < -0.39 is 6.04 Å². The molecule has 0 radical (unpaired) electrons. The molecule has 2 atom stereocenters. The normalized spacial score (nSPS) is 28.0. The maximum atomic E-state index is 12.6. The fourth-order valence-corrected chi connectivity index (χ4v) is 4.73. The van der Waals surface area contributed by atoms with Gasteiger partial charge in [0.1, 0.15) is 6.04 Å². The third kappa shape index (κ3) is 2.48. The lowest BCUT2D eigenvalue weighted by Gasteiger charge is -2.29. The summed E-state index contributed by atoms with van der Waals surface area (Å²) in [6.45, 7) is 1.21. The quantitative estimate of drug-likeness (QED) is 0.836. The second-order valence-corrected chi connectivity index (χ2v) is 7.16. The van der Waals surface area contributed by atoms with Crippen LogP contribution in [0.2, 0.25) is 0 Å². The molecule has 2 fully saturated rings. The van der Waals surface area contributed by atoms with E-state index in [2.05, 4.69) is 5.32 Å². The first-order chi connectivity index (χ1) is 11.1. The van der Waals surface area contributed by atoms with Gasteiger partial charge in [-0.15, -0.1) is 11.3 Å². The van der Waals surface area contributed by atoms with Crippen LogP contribution in [-0.4, -0.2) is 35.3 Å². The number of amides is 3. The molecule has 3 amide bonds. The number of ether oxygens (including phenoxy) is 1. The number of carbonyl (C=O) groups is 3. The second kappa shape index (κ2) is 5.72. The summed E-state index contributed by atoms with van der Waals surface area (Å²) in [5.74, 6) is -0.727. The van der Waals surface area contributed by atoms with Crippen LogP contribution in [0.5, 0.6) is 0 Å². The first-order valence-electron chi connectivity index (χ1n) is 8.01. The molecule has 3 aliphatic heterocycles. The minimum atomic E-state index is -0.544. The Morgan fingerprint density at radius 1 is 1.22 bits per heavy atom. The molecule has 0 bridgehead atoms. The lowest BCUT2D eigenvalue weighted by atomic mass is 10.0. The summed E-state index contributed by atoms with van der Waals surface area (Å²) in [6.07, 6.45) is 3.98. The molecule has 6 nitrogen and oxygen atoms in total. The Kier molecular flexibility index (Phi) is 3.69. The Hall–Kier alpha value is -1.73. The molecule has 2 saturated heterocycles. The van der Waals surface area contributed by atoms with E-state index in [4.69, 9.17) is 4.74 Å². The van der Waals surface area contributed by atoms with Crippen molar-refractivity contribution >= 4 is 29.1 Å². The van der Waals surface area contributed by atoms with Gasteiger partial charge in [0.2, 0.25) is 11.8 Å². The molecule has 7 heteroatoms. The maximum Gasteiger partial charge on any atom is 0.256 e. The third-order valence-electron chi connectivity index (χ3n) is 4.80. The van der Waals surface area contributed by atoms with Crippen molar-refractivity contribution in [1.82, 2.24) is 10.2 Å². The summed E-state index contributed by atoms with van der Waals surface area (Å²) < 4.78 is 5.86. The predicted molar refractivity (Wildman–Crippen MR) is 82.9 cm³/mol. The highest BCUT2D eigenvalue weighted by Crippen LogP contribution is 2.40. The monoisotopic (exact) mass is 334 g/mol. The van der Waals surface area contributed by atoms with Gasteiger partial charge in [-0.2, -0.15) is 0 Å². The predicted octanol–water partition coefficient (Wildman–Crippen LogP) is 1.75. The summed E-state index contributed by atoms with van der Waals surface area (Å²) in [6, 6.07) is -0.544. The van der Waals surface area contributed by atoms with Crippen LogP contribution in [0.4, 0.5) is 0 Å². The van der Waals surface area contributed by atoms with Gasteiger partial charge in [0.15, 0.2) is 0 Å². The summed E-state index contributed by atoms with van der Waals surface area (Å²) in [4.78, 5) is 38.7. The van der Waals surface area contributed by atoms with Gasteiger partial charge in [-0.25, -0.2) is 0 Å². The van der Waals surface area contributed by atoms with Crippen molar-refractivity contribution in [3.05, 3.63) is 21.4 Å². The zero-order valence-electron chi connectivity index (χ0n) is 12.7. The lowest BCUT2D eigenvalue weighted by Crippen LogP contribution is -2.52. The fourth-order valence-electron chi connectivity index (χ4n) is 3.59. The van der Waals surface area contributed by atoms with E-state index in [1.165, 1.54) is 0 Å². The minimum absolute atomic E-state index is 0.0759. The largest absolute Gasteiger partial charge is 0.373 e. The van der Waals surface area contributed by atoms with Crippen molar-refractivity contribution in [3.63, 3.8) is 0 Å². The fraction of sp³-hybridized carbons (Fsp3) is 0.562. The van der Waals surface area contributed by atoms with Crippen LogP contribution < -0.4 is 5.32 Å². The maximum absolute atomic E-state index is 12.6. The number of hydrogen-bond acceptors (Lipinski definition) is 5. The van der Waals surface area contributed by atoms with E-state index in [-0.39, 0.29) is 30.2 Å². The van der Waals surface area contributed by atoms with E-state index in [1.807, 2.05) is 5.38 Å². The molecule has 1 aromatic heterocycles.